The second-order valence-electron chi connectivity index (χ2n) is 3.54. The second kappa shape index (κ2) is 5.04. The third-order valence-corrected chi connectivity index (χ3v) is 3.26. The minimum atomic E-state index is -0.569. The van der Waals surface area contributed by atoms with Gasteiger partial charge in [0.1, 0.15) is 0 Å². The van der Waals surface area contributed by atoms with Gasteiger partial charge in [0.2, 0.25) is 0 Å². The number of aromatic amines is 1. The molecular formula is C12H11N3OS. The Labute approximate surface area is 103 Å². The summed E-state index contributed by atoms with van der Waals surface area (Å²) >= 11 is 1.40. The fraction of sp³-hybridized carbons (Fsp3) is 0.167. The summed E-state index contributed by atoms with van der Waals surface area (Å²) in [6.45, 7) is 1.70. The van der Waals surface area contributed by atoms with Gasteiger partial charge in [-0.05, 0) is 24.6 Å². The summed E-state index contributed by atoms with van der Waals surface area (Å²) in [7, 11) is 0. The van der Waals surface area contributed by atoms with Crippen LogP contribution in [0.25, 0.3) is 0 Å². The van der Waals surface area contributed by atoms with E-state index in [0.717, 1.165) is 15.6 Å². The van der Waals surface area contributed by atoms with E-state index < -0.39 is 6.10 Å². The molecule has 0 bridgehead atoms. The molecule has 0 fully saturated rings. The Balaban J connectivity index is 2.39. The Morgan fingerprint density at radius 2 is 2.35 bits per heavy atom. The highest BCUT2D eigenvalue weighted by molar-refractivity contribution is 7.99. The van der Waals surface area contributed by atoms with Gasteiger partial charge in [-0.3, -0.25) is 0 Å². The van der Waals surface area contributed by atoms with Gasteiger partial charge < -0.3 is 10.1 Å². The first-order valence-corrected chi connectivity index (χ1v) is 5.91. The van der Waals surface area contributed by atoms with Crippen LogP contribution >= 0.6 is 11.8 Å². The number of aliphatic hydroxyl groups is 1. The molecule has 0 radical (unpaired) electrons. The lowest BCUT2D eigenvalue weighted by molar-refractivity contribution is 0.196. The highest BCUT2D eigenvalue weighted by Gasteiger charge is 2.11. The molecule has 0 unspecified atom stereocenters. The van der Waals surface area contributed by atoms with Crippen LogP contribution in [0.5, 0.6) is 0 Å². The van der Waals surface area contributed by atoms with Crippen molar-refractivity contribution in [2.24, 2.45) is 0 Å². The molecule has 0 aliphatic rings. The maximum Gasteiger partial charge on any atom is 0.170 e. The van der Waals surface area contributed by atoms with Gasteiger partial charge in [-0.25, -0.2) is 4.98 Å². The molecule has 2 aromatic rings. The summed E-state index contributed by atoms with van der Waals surface area (Å²) in [5.41, 5.74) is 1.37. The summed E-state index contributed by atoms with van der Waals surface area (Å²) in [5, 5.41) is 19.3. The van der Waals surface area contributed by atoms with Crippen molar-refractivity contribution < 1.29 is 5.11 Å². The molecule has 0 aliphatic heterocycles. The number of hydrogen-bond acceptors (Lipinski definition) is 4. The third kappa shape index (κ3) is 2.67. The molecule has 86 valence electrons. The van der Waals surface area contributed by atoms with Gasteiger partial charge in [0.15, 0.2) is 5.16 Å². The van der Waals surface area contributed by atoms with Crippen LogP contribution in [0.2, 0.25) is 0 Å². The Bertz CT molecular complexity index is 543. The monoisotopic (exact) mass is 245 g/mol. The van der Waals surface area contributed by atoms with E-state index in [9.17, 15) is 5.11 Å². The number of hydrogen-bond donors (Lipinski definition) is 2. The molecule has 17 heavy (non-hydrogen) atoms. The summed E-state index contributed by atoms with van der Waals surface area (Å²) < 4.78 is 0. The molecule has 0 saturated heterocycles. The Hall–Kier alpha value is -1.77. The fourth-order valence-corrected chi connectivity index (χ4v) is 2.44. The van der Waals surface area contributed by atoms with E-state index in [1.54, 1.807) is 37.5 Å². The average molecular weight is 245 g/mol. The molecule has 2 N–H and O–H groups in total. The fourth-order valence-electron chi connectivity index (χ4n) is 1.45. The summed E-state index contributed by atoms with van der Waals surface area (Å²) in [4.78, 5) is 7.93. The van der Waals surface area contributed by atoms with E-state index in [1.165, 1.54) is 11.8 Å². The minimum absolute atomic E-state index is 0.569. The van der Waals surface area contributed by atoms with Gasteiger partial charge in [-0.1, -0.05) is 17.8 Å². The van der Waals surface area contributed by atoms with Crippen molar-refractivity contribution in [3.8, 4) is 6.07 Å². The number of aliphatic hydroxyl groups excluding tert-OH is 1. The lowest BCUT2D eigenvalue weighted by Gasteiger charge is -2.10. The van der Waals surface area contributed by atoms with E-state index >= 15 is 0 Å². The van der Waals surface area contributed by atoms with E-state index in [-0.39, 0.29) is 0 Å². The molecule has 0 spiro atoms. The van der Waals surface area contributed by atoms with E-state index in [4.69, 9.17) is 5.26 Å². The van der Waals surface area contributed by atoms with Gasteiger partial charge in [0.05, 0.1) is 17.7 Å². The maximum atomic E-state index is 9.67. The lowest BCUT2D eigenvalue weighted by Crippen LogP contribution is -1.95. The van der Waals surface area contributed by atoms with Crippen molar-refractivity contribution >= 4 is 11.8 Å². The van der Waals surface area contributed by atoms with Crippen molar-refractivity contribution in [1.29, 1.82) is 5.26 Å². The van der Waals surface area contributed by atoms with Gasteiger partial charge in [-0.15, -0.1) is 0 Å². The Morgan fingerprint density at radius 3 is 2.94 bits per heavy atom. The number of H-pyrrole nitrogens is 1. The van der Waals surface area contributed by atoms with Crippen molar-refractivity contribution in [1.82, 2.24) is 9.97 Å². The van der Waals surface area contributed by atoms with E-state index in [0.29, 0.717) is 5.56 Å². The summed E-state index contributed by atoms with van der Waals surface area (Å²) in [6.07, 6.45) is 2.83. The maximum absolute atomic E-state index is 9.67. The second-order valence-corrected chi connectivity index (χ2v) is 4.57. The number of benzene rings is 1. The zero-order valence-electron chi connectivity index (χ0n) is 9.21. The molecule has 1 aromatic carbocycles. The molecule has 1 aromatic heterocycles. The molecule has 0 saturated carbocycles. The normalized spacial score (nSPS) is 12.1. The highest BCUT2D eigenvalue weighted by atomic mass is 32.2. The number of nitrogens with one attached hydrogen (secondary N) is 1. The van der Waals surface area contributed by atoms with Crippen LogP contribution in [0, 0.1) is 11.3 Å². The molecular weight excluding hydrogens is 234 g/mol. The first-order chi connectivity index (χ1) is 8.20. The van der Waals surface area contributed by atoms with Gasteiger partial charge in [0, 0.05) is 17.3 Å². The van der Waals surface area contributed by atoms with Crippen LogP contribution in [0.4, 0.5) is 0 Å². The first-order valence-electron chi connectivity index (χ1n) is 5.10. The first kappa shape index (κ1) is 11.7. The molecule has 5 heteroatoms. The molecule has 1 atom stereocenters. The zero-order chi connectivity index (χ0) is 12.3. The number of aromatic nitrogens is 2. The van der Waals surface area contributed by atoms with Crippen LogP contribution < -0.4 is 0 Å². The number of nitrogens with zero attached hydrogens (tertiary/aromatic N) is 2. The van der Waals surface area contributed by atoms with Gasteiger partial charge in [-0.2, -0.15) is 5.26 Å². The van der Waals surface area contributed by atoms with Gasteiger partial charge >= 0.3 is 0 Å². The Morgan fingerprint density at radius 1 is 1.53 bits per heavy atom. The van der Waals surface area contributed by atoms with Crippen LogP contribution in [-0.2, 0) is 0 Å². The summed E-state index contributed by atoms with van der Waals surface area (Å²) in [6, 6.07) is 7.32. The molecule has 2 rings (SSSR count). The Kier molecular flexibility index (Phi) is 3.47. The van der Waals surface area contributed by atoms with Crippen LogP contribution in [0.15, 0.2) is 40.6 Å². The van der Waals surface area contributed by atoms with Crippen molar-refractivity contribution in [3.05, 3.63) is 41.7 Å². The standard InChI is InChI=1S/C12H11N3OS/c1-8(16)10-3-2-9(7-13)6-11(10)17-12-14-4-5-15-12/h2-6,8,16H,1H3,(H,14,15)/t8-/m0/s1. The highest BCUT2D eigenvalue weighted by Crippen LogP contribution is 2.32. The van der Waals surface area contributed by atoms with Crippen molar-refractivity contribution in [2.75, 3.05) is 0 Å². The van der Waals surface area contributed by atoms with Crippen molar-refractivity contribution in [2.45, 2.75) is 23.1 Å². The number of imidazole rings is 1. The smallest absolute Gasteiger partial charge is 0.170 e. The SMILES string of the molecule is C[C@H](O)c1ccc(C#N)cc1Sc1ncc[nH]1. The predicted molar refractivity (Wildman–Crippen MR) is 64.5 cm³/mol. The minimum Gasteiger partial charge on any atom is -0.389 e. The molecule has 0 amide bonds. The van der Waals surface area contributed by atoms with Crippen LogP contribution in [-0.4, -0.2) is 15.1 Å². The zero-order valence-corrected chi connectivity index (χ0v) is 10.0. The van der Waals surface area contributed by atoms with E-state index in [1.807, 2.05) is 0 Å². The van der Waals surface area contributed by atoms with Crippen molar-refractivity contribution in [3.63, 3.8) is 0 Å². The van der Waals surface area contributed by atoms with Crippen LogP contribution in [0.1, 0.15) is 24.2 Å². The van der Waals surface area contributed by atoms with E-state index in [2.05, 4.69) is 16.0 Å². The third-order valence-electron chi connectivity index (χ3n) is 2.27. The topological polar surface area (TPSA) is 72.7 Å². The quantitative estimate of drug-likeness (QED) is 0.871. The number of rotatable bonds is 3. The number of nitriles is 1. The lowest BCUT2D eigenvalue weighted by atomic mass is 10.1. The summed E-state index contributed by atoms with van der Waals surface area (Å²) in [5.74, 6) is 0. The van der Waals surface area contributed by atoms with Crippen LogP contribution in [0.3, 0.4) is 0 Å². The average Bonchev–Trinajstić information content (AvgIpc) is 2.81. The molecule has 4 nitrogen and oxygen atoms in total. The molecule has 1 heterocycles. The van der Waals surface area contributed by atoms with Gasteiger partial charge in [0.25, 0.3) is 0 Å². The predicted octanol–water partition coefficient (Wildman–Crippen LogP) is 2.49. The molecule has 0 aliphatic carbocycles. The largest absolute Gasteiger partial charge is 0.389 e.